The molecule has 5 nitrogen and oxygen atoms in total. The molecular weight excluding hydrogens is 266 g/mol. The minimum atomic E-state index is -0.389. The van der Waals surface area contributed by atoms with Gasteiger partial charge in [0.05, 0.1) is 18.0 Å². The molecule has 1 aromatic heterocycles. The van der Waals surface area contributed by atoms with Gasteiger partial charge >= 0.3 is 5.97 Å². The number of ether oxygens (including phenoxy) is 1. The lowest BCUT2D eigenvalue weighted by Crippen LogP contribution is -2.08. The first kappa shape index (κ1) is 15.1. The predicted molar refractivity (Wildman–Crippen MR) is 82.4 cm³/mol. The van der Waals surface area contributed by atoms with E-state index in [0.717, 1.165) is 24.9 Å². The van der Waals surface area contributed by atoms with E-state index >= 15 is 0 Å². The van der Waals surface area contributed by atoms with Gasteiger partial charge in [0.1, 0.15) is 0 Å². The number of nitrogens with zero attached hydrogens (tertiary/aromatic N) is 2. The third kappa shape index (κ3) is 4.08. The Kier molecular flexibility index (Phi) is 5.37. The number of nitrogen functional groups attached to an aromatic ring is 1. The van der Waals surface area contributed by atoms with Gasteiger partial charge < -0.3 is 10.5 Å². The highest BCUT2D eigenvalue weighted by molar-refractivity contribution is 5.87. The van der Waals surface area contributed by atoms with E-state index in [0.29, 0.717) is 18.0 Å². The van der Waals surface area contributed by atoms with E-state index in [2.05, 4.69) is 12.0 Å². The van der Waals surface area contributed by atoms with Gasteiger partial charge in [0.25, 0.3) is 0 Å². The van der Waals surface area contributed by atoms with Crippen molar-refractivity contribution in [1.29, 1.82) is 0 Å². The topological polar surface area (TPSA) is 70.1 Å². The Hall–Kier alpha value is -2.30. The zero-order valence-corrected chi connectivity index (χ0v) is 12.3. The van der Waals surface area contributed by atoms with Crippen LogP contribution in [0.15, 0.2) is 36.5 Å². The van der Waals surface area contributed by atoms with Crippen LogP contribution >= 0.6 is 0 Å². The van der Waals surface area contributed by atoms with Gasteiger partial charge in [-0.25, -0.2) is 9.48 Å². The van der Waals surface area contributed by atoms with Crippen molar-refractivity contribution in [3.8, 4) is 5.69 Å². The number of nitrogens with two attached hydrogens (primary N) is 1. The molecule has 0 aliphatic heterocycles. The van der Waals surface area contributed by atoms with Gasteiger partial charge in [-0.15, -0.1) is 0 Å². The molecule has 0 atom stereocenters. The number of carbonyl (C=O) groups is 1. The monoisotopic (exact) mass is 287 g/mol. The number of hydrogen-bond donors (Lipinski definition) is 1. The maximum atomic E-state index is 11.9. The molecule has 2 rings (SSSR count). The predicted octanol–water partition coefficient (Wildman–Crippen LogP) is 3.19. The Labute approximate surface area is 124 Å². The summed E-state index contributed by atoms with van der Waals surface area (Å²) in [5.74, 6) is -0.389. The van der Waals surface area contributed by atoms with E-state index in [-0.39, 0.29) is 5.97 Å². The fraction of sp³-hybridized carbons (Fsp3) is 0.375. The molecule has 0 unspecified atom stereocenters. The molecule has 0 spiro atoms. The van der Waals surface area contributed by atoms with Crippen LogP contribution in [0.2, 0.25) is 0 Å². The van der Waals surface area contributed by atoms with Crippen LogP contribution in [-0.4, -0.2) is 22.4 Å². The molecule has 0 amide bonds. The third-order valence-corrected chi connectivity index (χ3v) is 3.21. The summed E-state index contributed by atoms with van der Waals surface area (Å²) in [5, 5.41) is 4.22. The molecule has 0 aliphatic rings. The quantitative estimate of drug-likeness (QED) is 0.482. The number of anilines is 1. The molecule has 21 heavy (non-hydrogen) atoms. The first-order chi connectivity index (χ1) is 10.2. The molecule has 0 aliphatic carbocycles. The number of benzene rings is 1. The van der Waals surface area contributed by atoms with Crippen molar-refractivity contribution in [1.82, 2.24) is 9.78 Å². The molecule has 112 valence electrons. The number of unbranched alkanes of at least 4 members (excludes halogenated alkanes) is 3. The standard InChI is InChI=1S/C16H21N3O2/c1-2-3-4-7-12-21-16(20)14-10-11-19(18-14)15-9-6-5-8-13(15)17/h5-6,8-11H,2-4,7,12,17H2,1H3. The highest BCUT2D eigenvalue weighted by atomic mass is 16.5. The number of esters is 1. The van der Waals surface area contributed by atoms with Crippen molar-refractivity contribution in [2.45, 2.75) is 32.6 Å². The average molecular weight is 287 g/mol. The van der Waals surface area contributed by atoms with Gasteiger partial charge in [0.2, 0.25) is 0 Å². The first-order valence-corrected chi connectivity index (χ1v) is 7.30. The van der Waals surface area contributed by atoms with Crippen LogP contribution in [0.3, 0.4) is 0 Å². The Morgan fingerprint density at radius 3 is 2.81 bits per heavy atom. The lowest BCUT2D eigenvalue weighted by atomic mass is 10.2. The fourth-order valence-electron chi connectivity index (χ4n) is 2.03. The number of rotatable bonds is 7. The van der Waals surface area contributed by atoms with Crippen molar-refractivity contribution in [2.75, 3.05) is 12.3 Å². The zero-order chi connectivity index (χ0) is 15.1. The normalized spacial score (nSPS) is 10.5. The van der Waals surface area contributed by atoms with Crippen LogP contribution in [0, 0.1) is 0 Å². The van der Waals surface area contributed by atoms with Crippen LogP contribution < -0.4 is 5.73 Å². The molecule has 1 aromatic carbocycles. The minimum absolute atomic E-state index is 0.300. The van der Waals surface area contributed by atoms with E-state index in [4.69, 9.17) is 10.5 Å². The Morgan fingerprint density at radius 1 is 1.24 bits per heavy atom. The van der Waals surface area contributed by atoms with Gasteiger partial charge in [-0.3, -0.25) is 0 Å². The Balaban J connectivity index is 1.94. The number of hydrogen-bond acceptors (Lipinski definition) is 4. The molecule has 0 saturated heterocycles. The summed E-state index contributed by atoms with van der Waals surface area (Å²) in [6, 6.07) is 9.01. The van der Waals surface area contributed by atoms with Crippen LogP contribution in [-0.2, 0) is 4.74 Å². The Morgan fingerprint density at radius 2 is 2.05 bits per heavy atom. The van der Waals surface area contributed by atoms with Crippen LogP contribution in [0.25, 0.3) is 5.69 Å². The number of carbonyl (C=O) groups excluding carboxylic acids is 1. The van der Waals surface area contributed by atoms with Crippen molar-refractivity contribution in [3.05, 3.63) is 42.2 Å². The maximum Gasteiger partial charge on any atom is 0.358 e. The second kappa shape index (κ2) is 7.47. The Bertz CT molecular complexity index is 593. The molecule has 0 bridgehead atoms. The summed E-state index contributed by atoms with van der Waals surface area (Å²) in [4.78, 5) is 11.9. The largest absolute Gasteiger partial charge is 0.461 e. The molecule has 5 heteroatoms. The van der Waals surface area contributed by atoms with Gasteiger partial charge in [-0.2, -0.15) is 5.10 Å². The molecule has 0 saturated carbocycles. The first-order valence-electron chi connectivity index (χ1n) is 7.30. The van der Waals surface area contributed by atoms with E-state index < -0.39 is 0 Å². The summed E-state index contributed by atoms with van der Waals surface area (Å²) in [5.41, 5.74) is 7.55. The lowest BCUT2D eigenvalue weighted by Gasteiger charge is -2.05. The number of para-hydroxylation sites is 2. The second-order valence-corrected chi connectivity index (χ2v) is 4.90. The molecule has 2 N–H and O–H groups in total. The number of aromatic nitrogens is 2. The van der Waals surface area contributed by atoms with Gasteiger partial charge in [-0.05, 0) is 24.6 Å². The summed E-state index contributed by atoms with van der Waals surface area (Å²) >= 11 is 0. The van der Waals surface area contributed by atoms with Crippen molar-refractivity contribution in [3.63, 3.8) is 0 Å². The average Bonchev–Trinajstić information content (AvgIpc) is 2.97. The van der Waals surface area contributed by atoms with E-state index in [1.165, 1.54) is 6.42 Å². The SMILES string of the molecule is CCCCCCOC(=O)c1ccn(-c2ccccc2N)n1. The smallest absolute Gasteiger partial charge is 0.358 e. The summed E-state index contributed by atoms with van der Waals surface area (Å²) in [7, 11) is 0. The third-order valence-electron chi connectivity index (χ3n) is 3.21. The fourth-order valence-corrected chi connectivity index (χ4v) is 2.03. The van der Waals surface area contributed by atoms with Gasteiger partial charge in [-0.1, -0.05) is 38.3 Å². The second-order valence-electron chi connectivity index (χ2n) is 4.90. The summed E-state index contributed by atoms with van der Waals surface area (Å²) in [6.45, 7) is 2.59. The molecular formula is C16H21N3O2. The van der Waals surface area contributed by atoms with Crippen molar-refractivity contribution >= 4 is 11.7 Å². The highest BCUT2D eigenvalue weighted by Crippen LogP contribution is 2.15. The maximum absolute atomic E-state index is 11.9. The van der Waals surface area contributed by atoms with Crippen molar-refractivity contribution in [2.24, 2.45) is 0 Å². The van der Waals surface area contributed by atoms with Crippen molar-refractivity contribution < 1.29 is 9.53 Å². The van der Waals surface area contributed by atoms with E-state index in [9.17, 15) is 4.79 Å². The minimum Gasteiger partial charge on any atom is -0.461 e. The van der Waals surface area contributed by atoms with Crippen LogP contribution in [0.5, 0.6) is 0 Å². The van der Waals surface area contributed by atoms with Gasteiger partial charge in [0.15, 0.2) is 5.69 Å². The van der Waals surface area contributed by atoms with Crippen LogP contribution in [0.1, 0.15) is 43.1 Å². The molecule has 1 heterocycles. The van der Waals surface area contributed by atoms with E-state index in [1.807, 2.05) is 18.2 Å². The van der Waals surface area contributed by atoms with E-state index in [1.54, 1.807) is 23.0 Å². The summed E-state index contributed by atoms with van der Waals surface area (Å²) in [6.07, 6.45) is 6.01. The molecule has 2 aromatic rings. The van der Waals surface area contributed by atoms with Gasteiger partial charge in [0, 0.05) is 6.20 Å². The lowest BCUT2D eigenvalue weighted by molar-refractivity contribution is 0.0490. The zero-order valence-electron chi connectivity index (χ0n) is 12.3. The molecule has 0 fully saturated rings. The summed E-state index contributed by atoms with van der Waals surface area (Å²) < 4.78 is 6.79. The highest BCUT2D eigenvalue weighted by Gasteiger charge is 2.12. The van der Waals surface area contributed by atoms with Crippen LogP contribution in [0.4, 0.5) is 5.69 Å². The molecule has 0 radical (unpaired) electrons.